The van der Waals surface area contributed by atoms with Crippen LogP contribution < -0.4 is 30.3 Å². The fourth-order valence-electron chi connectivity index (χ4n) is 19.6. The summed E-state index contributed by atoms with van der Waals surface area (Å²) >= 11 is 0. The molecular formula is C95H124N18O18S7. The Kier molecular flexibility index (Phi) is 31.6. The first kappa shape index (κ1) is 103. The van der Waals surface area contributed by atoms with Gasteiger partial charge in [-0.15, -0.1) is 4.13 Å². The van der Waals surface area contributed by atoms with Crippen LogP contribution in [0.5, 0.6) is 0 Å². The highest BCUT2D eigenvalue weighted by atomic mass is 32.3. The van der Waals surface area contributed by atoms with Gasteiger partial charge in [0.1, 0.15) is 0 Å². The molecule has 5 saturated heterocycles. The maximum atomic E-state index is 12.9. The van der Waals surface area contributed by atoms with Crippen LogP contribution in [-0.2, 0) is 70.3 Å². The van der Waals surface area contributed by atoms with Crippen molar-refractivity contribution in [1.29, 1.82) is 0 Å². The quantitative estimate of drug-likeness (QED) is 0.0340. The number of carbonyl (C=O) groups excluding carboxylic acids is 4. The Hall–Kier alpha value is -10.4. The van der Waals surface area contributed by atoms with Crippen LogP contribution in [0.15, 0.2) is 122 Å². The summed E-state index contributed by atoms with van der Waals surface area (Å²) in [6.45, 7) is 28.1. The van der Waals surface area contributed by atoms with E-state index < -0.39 is 94.0 Å². The van der Waals surface area contributed by atoms with E-state index in [1.807, 2.05) is 65.0 Å². The van der Waals surface area contributed by atoms with Crippen LogP contribution >= 0.6 is 0 Å². The van der Waals surface area contributed by atoms with Crippen LogP contribution in [0.1, 0.15) is 273 Å². The summed E-state index contributed by atoms with van der Waals surface area (Å²) in [6, 6.07) is 23.3. The van der Waals surface area contributed by atoms with Crippen molar-refractivity contribution in [3.8, 4) is 0 Å². The van der Waals surface area contributed by atoms with E-state index in [1.165, 1.54) is 51.3 Å². The smallest absolute Gasteiger partial charge is 0.291 e. The van der Waals surface area contributed by atoms with Gasteiger partial charge in [0.05, 0.1) is 58.2 Å². The summed E-state index contributed by atoms with van der Waals surface area (Å²) in [5.41, 5.74) is 15.4. The van der Waals surface area contributed by atoms with Crippen molar-refractivity contribution in [2.24, 2.45) is 16.7 Å². The molecule has 4 aromatic carbocycles. The first-order valence-corrected chi connectivity index (χ1v) is 58.0. The number of carbonyl (C=O) groups is 4. The molecule has 9 aliphatic rings. The van der Waals surface area contributed by atoms with E-state index >= 15 is 0 Å². The molecule has 138 heavy (non-hydrogen) atoms. The minimum atomic E-state index is -3.96. The van der Waals surface area contributed by atoms with Crippen molar-refractivity contribution in [2.45, 2.75) is 195 Å². The Balaban J connectivity index is 0.000000147. The van der Waals surface area contributed by atoms with Gasteiger partial charge in [0.15, 0.2) is 17.5 Å². The Labute approximate surface area is 810 Å². The molecule has 6 fully saturated rings. The molecule has 1 saturated carbocycles. The van der Waals surface area contributed by atoms with E-state index in [0.717, 1.165) is 165 Å². The zero-order valence-corrected chi connectivity index (χ0v) is 85.1. The molecule has 8 aromatic rings. The number of nitrogens with one attached hydrogen (secondary N) is 9. The average molecular weight is 2030 g/mol. The first-order chi connectivity index (χ1) is 65.2. The number of H-pyrrole nitrogens is 4. The summed E-state index contributed by atoms with van der Waals surface area (Å²) < 4.78 is 181. The van der Waals surface area contributed by atoms with Gasteiger partial charge in [-0.05, 0) is 221 Å². The summed E-state index contributed by atoms with van der Waals surface area (Å²) in [4.78, 5) is 80.8. The predicted octanol–water partition coefficient (Wildman–Crippen LogP) is 14.1. The van der Waals surface area contributed by atoms with Gasteiger partial charge in [-0.3, -0.25) is 19.2 Å². The Morgan fingerprint density at radius 3 is 1.31 bits per heavy atom. The number of aromatic amines is 4. The van der Waals surface area contributed by atoms with Crippen molar-refractivity contribution in [1.82, 2.24) is 55.0 Å². The van der Waals surface area contributed by atoms with E-state index in [-0.39, 0.29) is 93.3 Å². The Morgan fingerprint density at radius 2 is 0.906 bits per heavy atom. The summed E-state index contributed by atoms with van der Waals surface area (Å²) in [5.74, 6) is -3.83. The number of hydrogen-bond acceptors (Lipinski definition) is 22. The van der Waals surface area contributed by atoms with Gasteiger partial charge in [0.25, 0.3) is 33.8 Å². The number of rotatable bonds is 19. The van der Waals surface area contributed by atoms with Crippen LogP contribution in [0.25, 0.3) is 21.6 Å². The van der Waals surface area contributed by atoms with Gasteiger partial charge < -0.3 is 46.1 Å². The number of amides is 4. The molecule has 43 heteroatoms. The number of benzene rings is 4. The van der Waals surface area contributed by atoms with Gasteiger partial charge in [-0.2, -0.15) is 17.0 Å². The topological polar surface area (TPSA) is 490 Å². The number of anilines is 5. The van der Waals surface area contributed by atoms with Crippen LogP contribution in [0, 0.1) is 44.1 Å². The maximum Gasteiger partial charge on any atom is 0.291 e. The number of piperidine rings is 1. The van der Waals surface area contributed by atoms with Crippen molar-refractivity contribution in [2.75, 3.05) is 114 Å². The molecule has 36 nitrogen and oxygen atoms in total. The predicted molar refractivity (Wildman–Crippen MR) is 535 cm³/mol. The van der Waals surface area contributed by atoms with E-state index in [4.69, 9.17) is 6.57 Å². The molecule has 9 heterocycles. The molecule has 0 bridgehead atoms. The Morgan fingerprint density at radius 1 is 0.478 bits per heavy atom. The second kappa shape index (κ2) is 42.2. The van der Waals surface area contributed by atoms with Crippen molar-refractivity contribution >= 4 is 145 Å². The summed E-state index contributed by atoms with van der Waals surface area (Å²) in [5, 5.41) is 11.8. The third-order valence-electron chi connectivity index (χ3n) is 27.5. The van der Waals surface area contributed by atoms with Crippen LogP contribution in [0.3, 0.4) is 0 Å². The summed E-state index contributed by atoms with van der Waals surface area (Å²) in [6.07, 6.45) is 30.5. The monoisotopic (exact) mass is 2030 g/mol. The van der Waals surface area contributed by atoms with Gasteiger partial charge in [0.2, 0.25) is 65.8 Å². The molecule has 1 spiro atoms. The van der Waals surface area contributed by atoms with Crippen LogP contribution in [0.4, 0.5) is 34.1 Å². The molecule has 4 aliphatic carbocycles. The second-order valence-corrected chi connectivity index (χ2v) is 52.4. The fraction of sp³-hybridized carbons (Fsp3) is 0.495. The lowest BCUT2D eigenvalue weighted by molar-refractivity contribution is 0.101. The highest BCUT2D eigenvalue weighted by Gasteiger charge is 2.46. The minimum absolute atomic E-state index is 0.0587. The maximum absolute atomic E-state index is 12.9. The van der Waals surface area contributed by atoms with Crippen LogP contribution in [-0.4, -0.2) is 221 Å². The number of nitrogens with zero attached hydrogens (tertiary/aromatic N) is 9. The minimum Gasteiger partial charge on any atom is -0.370 e. The molecule has 744 valence electrons. The van der Waals surface area contributed by atoms with Gasteiger partial charge >= 0.3 is 0 Å². The van der Waals surface area contributed by atoms with E-state index in [2.05, 4.69) is 111 Å². The number of aryl methyl sites for hydroxylation is 3. The average Bonchev–Trinajstić information content (AvgIpc) is 0.889. The molecule has 0 atom stereocenters. The number of hydrogen-bond donors (Lipinski definition) is 9. The largest absolute Gasteiger partial charge is 0.370 e. The van der Waals surface area contributed by atoms with E-state index in [9.17, 15) is 78.1 Å². The molecule has 0 radical (unpaired) electrons. The lowest BCUT2D eigenvalue weighted by Crippen LogP contribution is -2.52. The number of imidazole rings is 3. The third kappa shape index (κ3) is 24.6. The molecule has 17 rings (SSSR count). The van der Waals surface area contributed by atoms with Crippen LogP contribution in [0.2, 0.25) is 0 Å². The van der Waals surface area contributed by atoms with Gasteiger partial charge in [-0.25, -0.2) is 70.3 Å². The standard InChI is InChI=1S/C26H30N4O5S2.C24H36N6O3S.C23H30N4O5S2.C22H28N4O5S2/c1-27-21-14-24(28-15-21)25(31)29-23-6-5-19(20-16-36(32,33)30-37(34,35)17-20)13-22(23)18-7-11-26(12-8-18)9-3-2-4-10-26;1-5-29-15-20(16-30(6-2)34(29,32)33)19-7-8-21(27-24(31)23-25-14-18(4)26-23)22(13-19)28-11-9-17(3)10-12-28;1-15-12-24-21(25-15)22(28)26-20-6-5-17(11-19(20)16-7-9-23(2,3)10-8-16)18-13-33(29,30)27(4)34(31,32)14-18;1-3-26-32(28,29)13-18(14-33(26,30)31)17-9-10-20(19(11-17)16-7-5-4-6-8-16)25-22(27)21-23-12-15(2)24-21/h5-7,13-15,20,28,30H,2-4,8-12,16-17H2,(H,29,31);7-8,13-14,17,20H,5-6,9-12,15-16H2,1-4H3,(H,25,26)(H,27,31);5-7,11-12,18H,8-10,13-14H2,1-4H3,(H,24,25)(H,26,28);7,9-12,18H,3-6,8,13-14H2,1-2H3,(H,23,24)(H,25,27). The Bertz CT molecular complexity index is 6840. The van der Waals surface area contributed by atoms with Crippen molar-refractivity contribution < 1.29 is 78.1 Å². The molecular weight excluding hydrogens is 1910 g/mol. The number of allylic oxidation sites excluding steroid dienone is 6. The SMILES string of the molecule is CCN1CC(c2ccc(NC(=O)c3ncc(C)[nH]3)c(N3CCC(C)CC3)c2)CN(CC)S1(=O)=O.CCN1S(=O)(=O)CC(c2ccc(NC(=O)c3ncc(C)[nH]3)c(C3=CCCCC3)c2)CS1(=O)=O.Cc1cnc(C(=O)Nc2ccc(C3CS(=O)(=O)N(C)S(=O)(=O)C3)cc2C2=CCC(C)(C)CC2)[nH]1.[C-]#[N+]c1c[nH]c(C(=O)Nc2ccc(C3CS(=O)(=O)NS(=O)(=O)C3)cc2C2=CCC3(CCCCC3)CC2)c1. The van der Waals surface area contributed by atoms with Crippen molar-refractivity contribution in [3.05, 3.63) is 212 Å². The highest BCUT2D eigenvalue weighted by Crippen LogP contribution is 2.50. The van der Waals surface area contributed by atoms with E-state index in [1.54, 1.807) is 67.7 Å². The highest BCUT2D eigenvalue weighted by molar-refractivity contribution is 8.06. The molecule has 9 N–H and O–H groups in total. The zero-order valence-electron chi connectivity index (χ0n) is 79.4. The van der Waals surface area contributed by atoms with Crippen molar-refractivity contribution in [3.63, 3.8) is 0 Å². The van der Waals surface area contributed by atoms with E-state index in [0.29, 0.717) is 84.4 Å². The zero-order chi connectivity index (χ0) is 99.4. The van der Waals surface area contributed by atoms with Gasteiger partial charge in [0, 0.05) is 152 Å². The molecule has 4 aromatic heterocycles. The molecule has 5 aliphatic heterocycles. The third-order valence-corrected chi connectivity index (χ3v) is 42.7. The number of sulfonamides is 6. The number of likely N-dealkylation sites (N-methyl/N-ethyl adjacent to an activating group) is 2. The second-order valence-electron chi connectivity index (χ2n) is 38.3. The molecule has 4 amide bonds. The fourth-order valence-corrected chi connectivity index (χ4v) is 33.8. The number of aromatic nitrogens is 7. The summed E-state index contributed by atoms with van der Waals surface area (Å²) in [7, 11) is -26.0. The first-order valence-electron chi connectivity index (χ1n) is 46.8. The lowest BCUT2D eigenvalue weighted by Gasteiger charge is -2.40. The molecule has 0 unspecified atom stereocenters. The normalized spacial score (nSPS) is 21.6. The van der Waals surface area contributed by atoms with Gasteiger partial charge in [-0.1, -0.05) is 111 Å². The lowest BCUT2D eigenvalue weighted by atomic mass is 9.65.